The Bertz CT molecular complexity index is 1340. The Morgan fingerprint density at radius 1 is 1.10 bits per heavy atom. The van der Waals surface area contributed by atoms with Crippen LogP contribution in [0, 0.1) is 11.8 Å². The number of nitrogens with zero attached hydrogens (tertiary/aromatic N) is 2. The van der Waals surface area contributed by atoms with E-state index in [1.54, 1.807) is 25.9 Å². The average Bonchev–Trinajstić information content (AvgIpc) is 3.93. The van der Waals surface area contributed by atoms with Gasteiger partial charge < -0.3 is 29.9 Å². The van der Waals surface area contributed by atoms with E-state index in [-0.39, 0.29) is 41.1 Å². The minimum absolute atomic E-state index is 0.0121. The highest BCUT2D eigenvalue weighted by molar-refractivity contribution is 6.04. The van der Waals surface area contributed by atoms with Crippen molar-refractivity contribution in [3.8, 4) is 5.75 Å². The molecule has 2 saturated carbocycles. The highest BCUT2D eigenvalue weighted by Crippen LogP contribution is 2.46. The maximum atomic E-state index is 14.1. The molecular formula is C33H42N4O5. The molecule has 6 rings (SSSR count). The Morgan fingerprint density at radius 3 is 2.52 bits per heavy atom. The van der Waals surface area contributed by atoms with Crippen molar-refractivity contribution in [2.45, 2.75) is 69.6 Å². The molecule has 9 nitrogen and oxygen atoms in total. The van der Waals surface area contributed by atoms with Gasteiger partial charge in [-0.3, -0.25) is 14.4 Å². The van der Waals surface area contributed by atoms with Crippen molar-refractivity contribution in [3.63, 3.8) is 0 Å². The Hall–Kier alpha value is -3.43. The van der Waals surface area contributed by atoms with Gasteiger partial charge in [0.15, 0.2) is 5.60 Å². The number of benzene rings is 2. The standard InChI is InChI=1S/C33H42N4O5/c1-32(2)31(40)36(16-7-17-41-3)27-19-26(12-13-28(27)42-32)37(25-10-11-25)30(39)23-18-22(20-34-21-23)29(38)35-33(14-15-33)24-8-5-4-6-9-24/h4-6,8-9,12-13,19,22-23,25,34H,7,10-11,14-18,20-21H2,1-3H3,(H,35,38)/t22-,23+/m0/s1. The number of anilines is 2. The zero-order valence-corrected chi connectivity index (χ0v) is 24.9. The van der Waals surface area contributed by atoms with Gasteiger partial charge in [0.25, 0.3) is 5.91 Å². The third kappa shape index (κ3) is 5.64. The number of carbonyl (C=O) groups is 3. The van der Waals surface area contributed by atoms with E-state index in [0.29, 0.717) is 50.5 Å². The molecule has 2 aromatic carbocycles. The highest BCUT2D eigenvalue weighted by atomic mass is 16.5. The molecule has 3 fully saturated rings. The van der Waals surface area contributed by atoms with Crippen LogP contribution in [0.2, 0.25) is 0 Å². The maximum Gasteiger partial charge on any atom is 0.270 e. The highest BCUT2D eigenvalue weighted by Gasteiger charge is 2.48. The molecule has 0 radical (unpaired) electrons. The van der Waals surface area contributed by atoms with Crippen LogP contribution < -0.4 is 25.2 Å². The summed E-state index contributed by atoms with van der Waals surface area (Å²) in [6.45, 7) is 5.71. The monoisotopic (exact) mass is 574 g/mol. The molecule has 42 heavy (non-hydrogen) atoms. The van der Waals surface area contributed by atoms with Gasteiger partial charge in [0.2, 0.25) is 11.8 Å². The average molecular weight is 575 g/mol. The van der Waals surface area contributed by atoms with Crippen LogP contribution in [0.15, 0.2) is 48.5 Å². The molecule has 0 spiro atoms. The van der Waals surface area contributed by atoms with Crippen molar-refractivity contribution >= 4 is 29.1 Å². The van der Waals surface area contributed by atoms with Crippen molar-refractivity contribution in [3.05, 3.63) is 54.1 Å². The summed E-state index contributed by atoms with van der Waals surface area (Å²) in [4.78, 5) is 44.6. The van der Waals surface area contributed by atoms with E-state index in [4.69, 9.17) is 9.47 Å². The Morgan fingerprint density at radius 2 is 1.83 bits per heavy atom. The molecule has 2 aliphatic heterocycles. The zero-order chi connectivity index (χ0) is 29.5. The first kappa shape index (κ1) is 28.7. The number of hydrogen-bond acceptors (Lipinski definition) is 6. The van der Waals surface area contributed by atoms with E-state index < -0.39 is 5.60 Å². The number of carbonyl (C=O) groups excluding carboxylic acids is 3. The first-order chi connectivity index (χ1) is 20.2. The molecule has 2 atom stereocenters. The molecule has 2 N–H and O–H groups in total. The molecule has 3 amide bonds. The fourth-order valence-electron chi connectivity index (χ4n) is 6.38. The first-order valence-electron chi connectivity index (χ1n) is 15.3. The lowest BCUT2D eigenvalue weighted by molar-refractivity contribution is -0.132. The summed E-state index contributed by atoms with van der Waals surface area (Å²) in [6, 6.07) is 16.0. The fraction of sp³-hybridized carbons (Fsp3) is 0.545. The fourth-order valence-corrected chi connectivity index (χ4v) is 6.38. The molecule has 0 bridgehead atoms. The molecule has 0 unspecified atom stereocenters. The number of nitrogens with one attached hydrogen (secondary N) is 2. The molecule has 2 aromatic rings. The lowest BCUT2D eigenvalue weighted by Gasteiger charge is -2.40. The maximum absolute atomic E-state index is 14.1. The van der Waals surface area contributed by atoms with Crippen LogP contribution in [0.1, 0.15) is 57.9 Å². The summed E-state index contributed by atoms with van der Waals surface area (Å²) in [5, 5.41) is 6.68. The van der Waals surface area contributed by atoms with Crippen LogP contribution in [0.25, 0.3) is 0 Å². The largest absolute Gasteiger partial charge is 0.476 e. The second-order valence-corrected chi connectivity index (χ2v) is 12.7. The van der Waals surface area contributed by atoms with Gasteiger partial charge in [-0.2, -0.15) is 0 Å². The van der Waals surface area contributed by atoms with E-state index in [1.807, 2.05) is 41.3 Å². The van der Waals surface area contributed by atoms with Gasteiger partial charge in [0.05, 0.1) is 23.1 Å². The molecule has 2 aliphatic carbocycles. The van der Waals surface area contributed by atoms with Crippen LogP contribution in [0.5, 0.6) is 5.75 Å². The van der Waals surface area contributed by atoms with Crippen molar-refractivity contribution < 1.29 is 23.9 Å². The van der Waals surface area contributed by atoms with Gasteiger partial charge in [0, 0.05) is 45.1 Å². The van der Waals surface area contributed by atoms with Crippen LogP contribution in [-0.4, -0.2) is 62.7 Å². The SMILES string of the molecule is COCCCN1C(=O)C(C)(C)Oc2ccc(N(C(=O)[C@H]3CNC[C@@H](C(=O)NC4(c5ccccc5)CC4)C3)C3CC3)cc21. The summed E-state index contributed by atoms with van der Waals surface area (Å²) < 4.78 is 11.3. The second kappa shape index (κ2) is 11.3. The number of hydrogen-bond donors (Lipinski definition) is 2. The van der Waals surface area contributed by atoms with Gasteiger partial charge in [-0.1, -0.05) is 30.3 Å². The number of piperidine rings is 1. The normalized spacial score (nSPS) is 23.9. The van der Waals surface area contributed by atoms with Crippen LogP contribution >= 0.6 is 0 Å². The quantitative estimate of drug-likeness (QED) is 0.420. The summed E-state index contributed by atoms with van der Waals surface area (Å²) >= 11 is 0. The van der Waals surface area contributed by atoms with E-state index in [2.05, 4.69) is 22.8 Å². The minimum atomic E-state index is -0.976. The molecular weight excluding hydrogens is 532 g/mol. The summed E-state index contributed by atoms with van der Waals surface area (Å²) in [5.74, 6) is -0.0241. The van der Waals surface area contributed by atoms with Crippen LogP contribution in [0.3, 0.4) is 0 Å². The zero-order valence-electron chi connectivity index (χ0n) is 24.9. The summed E-state index contributed by atoms with van der Waals surface area (Å²) in [7, 11) is 1.65. The summed E-state index contributed by atoms with van der Waals surface area (Å²) in [6.07, 6.45) is 4.94. The second-order valence-electron chi connectivity index (χ2n) is 12.7. The van der Waals surface area contributed by atoms with Crippen LogP contribution in [-0.2, 0) is 24.7 Å². The Balaban J connectivity index is 1.19. The topological polar surface area (TPSA) is 100 Å². The third-order valence-corrected chi connectivity index (χ3v) is 9.03. The molecule has 2 heterocycles. The predicted molar refractivity (Wildman–Crippen MR) is 160 cm³/mol. The van der Waals surface area contributed by atoms with Gasteiger partial charge in [-0.15, -0.1) is 0 Å². The number of fused-ring (bicyclic) bond motifs is 1. The summed E-state index contributed by atoms with van der Waals surface area (Å²) in [5.41, 5.74) is 1.34. The number of ether oxygens (including phenoxy) is 2. The minimum Gasteiger partial charge on any atom is -0.476 e. The Labute approximate surface area is 247 Å². The van der Waals surface area contributed by atoms with Gasteiger partial charge in [-0.25, -0.2) is 0 Å². The first-order valence-corrected chi connectivity index (χ1v) is 15.3. The third-order valence-electron chi connectivity index (χ3n) is 9.03. The molecule has 4 aliphatic rings. The van der Waals surface area contributed by atoms with E-state index >= 15 is 0 Å². The lowest BCUT2D eigenvalue weighted by Crippen LogP contribution is -2.53. The molecule has 224 valence electrons. The van der Waals surface area contributed by atoms with Crippen molar-refractivity contribution in [2.24, 2.45) is 11.8 Å². The van der Waals surface area contributed by atoms with E-state index in [1.165, 1.54) is 0 Å². The smallest absolute Gasteiger partial charge is 0.270 e. The van der Waals surface area contributed by atoms with Gasteiger partial charge >= 0.3 is 0 Å². The van der Waals surface area contributed by atoms with E-state index in [9.17, 15) is 14.4 Å². The van der Waals surface area contributed by atoms with Crippen molar-refractivity contribution in [1.82, 2.24) is 10.6 Å². The van der Waals surface area contributed by atoms with Crippen molar-refractivity contribution in [2.75, 3.05) is 43.2 Å². The van der Waals surface area contributed by atoms with Gasteiger partial charge in [0.1, 0.15) is 5.75 Å². The van der Waals surface area contributed by atoms with E-state index in [0.717, 1.165) is 36.9 Å². The lowest BCUT2D eigenvalue weighted by atomic mass is 9.88. The van der Waals surface area contributed by atoms with Crippen LogP contribution in [0.4, 0.5) is 11.4 Å². The predicted octanol–water partition coefficient (Wildman–Crippen LogP) is 3.75. The molecule has 0 aromatic heterocycles. The molecule has 1 saturated heterocycles. The van der Waals surface area contributed by atoms with Crippen molar-refractivity contribution in [1.29, 1.82) is 0 Å². The van der Waals surface area contributed by atoms with Gasteiger partial charge in [-0.05, 0) is 76.1 Å². The number of amides is 3. The Kier molecular flexibility index (Phi) is 7.74. The number of rotatable bonds is 10. The number of methoxy groups -OCH3 is 1. The molecule has 9 heteroatoms.